The van der Waals surface area contributed by atoms with Crippen LogP contribution in [0, 0.1) is 0 Å². The number of hydrogen-bond acceptors (Lipinski definition) is 2. The summed E-state index contributed by atoms with van der Waals surface area (Å²) in [6.45, 7) is 8.42. The molecule has 0 aromatic heterocycles. The predicted molar refractivity (Wildman–Crippen MR) is 59.7 cm³/mol. The Morgan fingerprint density at radius 1 is 1.53 bits per heavy atom. The van der Waals surface area contributed by atoms with E-state index in [0.29, 0.717) is 0 Å². The van der Waals surface area contributed by atoms with Gasteiger partial charge in [0.05, 0.1) is 11.6 Å². The summed E-state index contributed by atoms with van der Waals surface area (Å²) < 4.78 is 0. The number of nitrogens with zero attached hydrogens (tertiary/aromatic N) is 1. The average Bonchev–Trinajstić information content (AvgIpc) is 2.08. The molecule has 0 aromatic rings. The summed E-state index contributed by atoms with van der Waals surface area (Å²) in [6, 6.07) is 0.0566. The van der Waals surface area contributed by atoms with Gasteiger partial charge in [-0.25, -0.2) is 4.79 Å². The van der Waals surface area contributed by atoms with Gasteiger partial charge in [-0.3, -0.25) is 0 Å². The molecule has 15 heavy (non-hydrogen) atoms. The third-order valence-corrected chi connectivity index (χ3v) is 3.03. The molecule has 0 aliphatic carbocycles. The number of likely N-dealkylation sites (tertiary alicyclic amines) is 1. The highest BCUT2D eigenvalue weighted by molar-refractivity contribution is 5.75. The first-order valence-corrected chi connectivity index (χ1v) is 5.62. The van der Waals surface area contributed by atoms with Crippen LogP contribution in [0.1, 0.15) is 40.5 Å². The largest absolute Gasteiger partial charge is 0.391 e. The second kappa shape index (κ2) is 4.39. The Labute approximate surface area is 91.6 Å². The predicted octanol–water partition coefficient (Wildman–Crippen LogP) is 1.34. The van der Waals surface area contributed by atoms with Crippen molar-refractivity contribution in [1.82, 2.24) is 10.2 Å². The van der Waals surface area contributed by atoms with Crippen LogP contribution >= 0.6 is 0 Å². The van der Waals surface area contributed by atoms with Gasteiger partial charge in [-0.1, -0.05) is 0 Å². The van der Waals surface area contributed by atoms with Crippen LogP contribution in [0.25, 0.3) is 0 Å². The summed E-state index contributed by atoms with van der Waals surface area (Å²) in [5, 5.41) is 12.7. The molecule has 2 N–H and O–H groups in total. The minimum atomic E-state index is -0.461. The van der Waals surface area contributed by atoms with E-state index in [0.717, 1.165) is 19.4 Å². The van der Waals surface area contributed by atoms with Crippen molar-refractivity contribution >= 4 is 6.03 Å². The second-order valence-electron chi connectivity index (χ2n) is 5.07. The molecule has 0 radical (unpaired) electrons. The van der Waals surface area contributed by atoms with Crippen LogP contribution in [0.2, 0.25) is 0 Å². The monoisotopic (exact) mass is 214 g/mol. The van der Waals surface area contributed by atoms with Crippen molar-refractivity contribution in [2.45, 2.75) is 58.2 Å². The van der Waals surface area contributed by atoms with Gasteiger partial charge < -0.3 is 15.3 Å². The van der Waals surface area contributed by atoms with E-state index in [-0.39, 0.29) is 12.1 Å². The molecule has 4 nitrogen and oxygen atoms in total. The third-order valence-electron chi connectivity index (χ3n) is 3.03. The Hall–Kier alpha value is -0.770. The van der Waals surface area contributed by atoms with E-state index in [1.807, 2.05) is 27.7 Å². The van der Waals surface area contributed by atoms with Gasteiger partial charge in [-0.15, -0.1) is 0 Å². The standard InChI is InChI=1S/C11H22N2O2/c1-8(2)12-10(15)13-7-5-6-9(14)11(13,3)4/h8-9,14H,5-7H2,1-4H3,(H,12,15). The van der Waals surface area contributed by atoms with Gasteiger partial charge in [0.25, 0.3) is 0 Å². The van der Waals surface area contributed by atoms with Crippen LogP contribution in [0.5, 0.6) is 0 Å². The van der Waals surface area contributed by atoms with E-state index >= 15 is 0 Å². The summed E-state index contributed by atoms with van der Waals surface area (Å²) in [5.41, 5.74) is -0.461. The van der Waals surface area contributed by atoms with E-state index in [2.05, 4.69) is 5.32 Å². The number of hydrogen-bond donors (Lipinski definition) is 2. The Morgan fingerprint density at radius 3 is 2.67 bits per heavy atom. The molecule has 1 aliphatic heterocycles. The molecule has 0 spiro atoms. The Morgan fingerprint density at radius 2 is 2.13 bits per heavy atom. The molecule has 1 saturated heterocycles. The SMILES string of the molecule is CC(C)NC(=O)N1CCCC(O)C1(C)C. The molecule has 1 unspecified atom stereocenters. The van der Waals surface area contributed by atoms with E-state index in [9.17, 15) is 9.90 Å². The minimum Gasteiger partial charge on any atom is -0.391 e. The Balaban J connectivity index is 2.71. The lowest BCUT2D eigenvalue weighted by Crippen LogP contribution is -2.61. The fourth-order valence-corrected chi connectivity index (χ4v) is 1.95. The zero-order valence-electron chi connectivity index (χ0n) is 10.1. The minimum absolute atomic E-state index is 0.0752. The van der Waals surface area contributed by atoms with Crippen LogP contribution in [0.15, 0.2) is 0 Å². The normalized spacial score (nSPS) is 25.5. The fraction of sp³-hybridized carbons (Fsp3) is 0.909. The lowest BCUT2D eigenvalue weighted by molar-refractivity contribution is -0.0208. The molecule has 0 bridgehead atoms. The molecule has 2 amide bonds. The van der Waals surface area contributed by atoms with E-state index in [1.165, 1.54) is 0 Å². The van der Waals surface area contributed by atoms with Crippen molar-refractivity contribution in [3.05, 3.63) is 0 Å². The highest BCUT2D eigenvalue weighted by Gasteiger charge is 2.40. The first-order chi connectivity index (χ1) is 6.85. The molecule has 0 saturated carbocycles. The van der Waals surface area contributed by atoms with Gasteiger partial charge in [0.15, 0.2) is 0 Å². The van der Waals surface area contributed by atoms with Gasteiger partial charge in [-0.2, -0.15) is 0 Å². The maximum Gasteiger partial charge on any atom is 0.318 e. The molecule has 1 fully saturated rings. The van der Waals surface area contributed by atoms with Crippen molar-refractivity contribution in [1.29, 1.82) is 0 Å². The van der Waals surface area contributed by atoms with Gasteiger partial charge in [-0.05, 0) is 40.5 Å². The summed E-state index contributed by atoms with van der Waals surface area (Å²) in [5.74, 6) is 0. The summed E-state index contributed by atoms with van der Waals surface area (Å²) in [4.78, 5) is 13.6. The van der Waals surface area contributed by atoms with Crippen molar-refractivity contribution in [2.24, 2.45) is 0 Å². The van der Waals surface area contributed by atoms with Crippen molar-refractivity contribution in [3.8, 4) is 0 Å². The van der Waals surface area contributed by atoms with Gasteiger partial charge >= 0.3 is 6.03 Å². The Kier molecular flexibility index (Phi) is 3.60. The van der Waals surface area contributed by atoms with Crippen molar-refractivity contribution in [2.75, 3.05) is 6.54 Å². The molecule has 0 aromatic carbocycles. The van der Waals surface area contributed by atoms with Crippen molar-refractivity contribution < 1.29 is 9.90 Å². The lowest BCUT2D eigenvalue weighted by atomic mass is 9.87. The highest BCUT2D eigenvalue weighted by Crippen LogP contribution is 2.27. The number of urea groups is 1. The van der Waals surface area contributed by atoms with Crippen LogP contribution in [-0.4, -0.2) is 40.3 Å². The molecule has 1 rings (SSSR count). The van der Waals surface area contributed by atoms with Crippen LogP contribution in [0.3, 0.4) is 0 Å². The van der Waals surface area contributed by atoms with Crippen LogP contribution in [0.4, 0.5) is 4.79 Å². The quantitative estimate of drug-likeness (QED) is 0.692. The van der Waals surface area contributed by atoms with E-state index in [1.54, 1.807) is 4.90 Å². The number of aliphatic hydroxyl groups is 1. The maximum absolute atomic E-state index is 11.9. The van der Waals surface area contributed by atoms with Crippen LogP contribution < -0.4 is 5.32 Å². The first-order valence-electron chi connectivity index (χ1n) is 5.62. The molecule has 4 heteroatoms. The summed E-state index contributed by atoms with van der Waals surface area (Å²) in [6.07, 6.45) is 1.22. The zero-order chi connectivity index (χ0) is 11.6. The van der Waals surface area contributed by atoms with Gasteiger partial charge in [0.2, 0.25) is 0 Å². The molecular formula is C11H22N2O2. The fourth-order valence-electron chi connectivity index (χ4n) is 1.95. The number of nitrogens with one attached hydrogen (secondary N) is 1. The maximum atomic E-state index is 11.9. The number of piperidine rings is 1. The molecule has 1 aliphatic rings. The second-order valence-corrected chi connectivity index (χ2v) is 5.07. The Bertz CT molecular complexity index is 239. The lowest BCUT2D eigenvalue weighted by Gasteiger charge is -2.45. The smallest absolute Gasteiger partial charge is 0.318 e. The summed E-state index contributed by atoms with van der Waals surface area (Å²) in [7, 11) is 0. The summed E-state index contributed by atoms with van der Waals surface area (Å²) >= 11 is 0. The molecule has 1 atom stereocenters. The third kappa shape index (κ3) is 2.62. The van der Waals surface area contributed by atoms with Gasteiger partial charge in [0, 0.05) is 12.6 Å². The number of carbonyl (C=O) groups is 1. The number of amides is 2. The zero-order valence-corrected chi connectivity index (χ0v) is 10.1. The first kappa shape index (κ1) is 12.3. The number of rotatable bonds is 1. The average molecular weight is 214 g/mol. The van der Waals surface area contributed by atoms with Crippen LogP contribution in [-0.2, 0) is 0 Å². The molecule has 88 valence electrons. The number of aliphatic hydroxyl groups excluding tert-OH is 1. The highest BCUT2D eigenvalue weighted by atomic mass is 16.3. The van der Waals surface area contributed by atoms with E-state index < -0.39 is 11.6 Å². The molecule has 1 heterocycles. The van der Waals surface area contributed by atoms with E-state index in [4.69, 9.17) is 0 Å². The van der Waals surface area contributed by atoms with Gasteiger partial charge in [0.1, 0.15) is 0 Å². The molecular weight excluding hydrogens is 192 g/mol. The van der Waals surface area contributed by atoms with Crippen molar-refractivity contribution in [3.63, 3.8) is 0 Å². The number of carbonyl (C=O) groups excluding carboxylic acids is 1. The topological polar surface area (TPSA) is 52.6 Å².